The van der Waals surface area contributed by atoms with E-state index in [1.165, 1.54) is 30.4 Å². The molecule has 0 saturated carbocycles. The highest BCUT2D eigenvalue weighted by Gasteiger charge is 2.48. The van der Waals surface area contributed by atoms with Crippen molar-refractivity contribution in [2.45, 2.75) is 25.0 Å². The lowest BCUT2D eigenvalue weighted by Gasteiger charge is -2.38. The van der Waals surface area contributed by atoms with Crippen molar-refractivity contribution in [3.63, 3.8) is 0 Å². The Morgan fingerprint density at radius 1 is 1.32 bits per heavy atom. The van der Waals surface area contributed by atoms with Crippen molar-refractivity contribution in [1.82, 2.24) is 5.09 Å². The van der Waals surface area contributed by atoms with E-state index in [0.29, 0.717) is 5.56 Å². The number of aliphatic hydroxyl groups is 2. The van der Waals surface area contributed by atoms with E-state index < -0.39 is 31.2 Å². The minimum absolute atomic E-state index is 0.0780. The fourth-order valence-electron chi connectivity index (χ4n) is 3.02. The molecule has 8 nitrogen and oxygen atoms in total. The molecule has 0 bridgehead atoms. The monoisotopic (exact) mass is 369 g/mol. The Balaban J connectivity index is 2.46. The van der Waals surface area contributed by atoms with Gasteiger partial charge < -0.3 is 25.1 Å². The molecule has 9 heteroatoms. The molecule has 6 N–H and O–H groups in total. The molecule has 1 aliphatic rings. The highest BCUT2D eigenvalue weighted by molar-refractivity contribution is 7.49. The Hall–Kier alpha value is -1.96. The number of rotatable bonds is 6. The maximum absolute atomic E-state index is 12.3. The van der Waals surface area contributed by atoms with Gasteiger partial charge in [0.05, 0.1) is 0 Å². The van der Waals surface area contributed by atoms with Crippen LogP contribution in [0.3, 0.4) is 0 Å². The predicted octanol–water partition coefficient (Wildman–Crippen LogP) is 0.888. The number of benzene rings is 1. The molecule has 0 spiro atoms. The molecule has 0 amide bonds. The summed E-state index contributed by atoms with van der Waals surface area (Å²) in [4.78, 5) is 30.5. The van der Waals surface area contributed by atoms with Crippen LogP contribution in [0, 0.1) is 5.92 Å². The predicted molar refractivity (Wildman–Crippen MR) is 89.2 cm³/mol. The number of aromatic hydroxyl groups is 1. The molecular weight excluding hydrogens is 349 g/mol. The van der Waals surface area contributed by atoms with Gasteiger partial charge in [-0.1, -0.05) is 25.1 Å². The second-order valence-corrected chi connectivity index (χ2v) is 7.12. The van der Waals surface area contributed by atoms with E-state index in [4.69, 9.17) is 9.79 Å². The van der Waals surface area contributed by atoms with Crippen LogP contribution in [0.25, 0.3) is 0 Å². The zero-order chi connectivity index (χ0) is 18.8. The third kappa shape index (κ3) is 4.36. The van der Waals surface area contributed by atoms with Gasteiger partial charge in [0.15, 0.2) is 11.6 Å². The second kappa shape index (κ2) is 7.11. The first-order valence-electron chi connectivity index (χ1n) is 7.56. The molecule has 0 heterocycles. The number of hydrogen-bond acceptors (Lipinski definition) is 5. The van der Waals surface area contributed by atoms with Crippen molar-refractivity contribution in [2.75, 3.05) is 0 Å². The fraction of sp³-hybridized carbons (Fsp3) is 0.312. The Labute approximate surface area is 144 Å². The summed E-state index contributed by atoms with van der Waals surface area (Å²) < 4.78 is 11.2. The lowest BCUT2D eigenvalue weighted by atomic mass is 9.76. The van der Waals surface area contributed by atoms with Gasteiger partial charge in [0.1, 0.15) is 11.7 Å². The third-order valence-electron chi connectivity index (χ3n) is 4.03. The summed E-state index contributed by atoms with van der Waals surface area (Å²) >= 11 is 0. The van der Waals surface area contributed by atoms with Gasteiger partial charge >= 0.3 is 7.75 Å². The summed E-state index contributed by atoms with van der Waals surface area (Å²) in [5, 5.41) is 33.0. The average Bonchev–Trinajstić information content (AvgIpc) is 2.45. The SMILES string of the molecule is CCC(c1cccc(O)c1)C(O)(O)C1C(=O)C=CC=C1NP(=O)(O)O. The van der Waals surface area contributed by atoms with Gasteiger partial charge in [-0.25, -0.2) is 4.57 Å². The molecule has 0 aliphatic heterocycles. The van der Waals surface area contributed by atoms with Crippen LogP contribution in [0.15, 0.2) is 48.2 Å². The lowest BCUT2D eigenvalue weighted by Crippen LogP contribution is -2.50. The summed E-state index contributed by atoms with van der Waals surface area (Å²) in [6.45, 7) is 1.67. The van der Waals surface area contributed by atoms with Crippen LogP contribution in [-0.4, -0.2) is 36.7 Å². The molecule has 1 aromatic rings. The molecular formula is C16H20NO7P. The molecule has 2 atom stereocenters. The van der Waals surface area contributed by atoms with Gasteiger partial charge in [-0.15, -0.1) is 0 Å². The van der Waals surface area contributed by atoms with Crippen molar-refractivity contribution in [1.29, 1.82) is 0 Å². The Bertz CT molecular complexity index is 766. The average molecular weight is 369 g/mol. The Morgan fingerprint density at radius 3 is 2.56 bits per heavy atom. The number of carbonyl (C=O) groups excluding carboxylic acids is 1. The van der Waals surface area contributed by atoms with E-state index in [-0.39, 0.29) is 17.9 Å². The van der Waals surface area contributed by atoms with Crippen molar-refractivity contribution in [3.8, 4) is 5.75 Å². The smallest absolute Gasteiger partial charge is 0.427 e. The van der Waals surface area contributed by atoms with Crippen LogP contribution in [0.4, 0.5) is 0 Å². The van der Waals surface area contributed by atoms with Gasteiger partial charge in [0.2, 0.25) is 0 Å². The number of phenolic OH excluding ortho intramolecular Hbond substituents is 1. The van der Waals surface area contributed by atoms with Crippen LogP contribution < -0.4 is 5.09 Å². The molecule has 0 fully saturated rings. The molecule has 2 rings (SSSR count). The summed E-state index contributed by atoms with van der Waals surface area (Å²) in [5.74, 6) is -6.02. The van der Waals surface area contributed by atoms with E-state index in [9.17, 15) is 24.7 Å². The van der Waals surface area contributed by atoms with E-state index >= 15 is 0 Å². The Morgan fingerprint density at radius 2 is 2.00 bits per heavy atom. The van der Waals surface area contributed by atoms with E-state index in [1.54, 1.807) is 13.0 Å². The van der Waals surface area contributed by atoms with Crippen LogP contribution in [0.2, 0.25) is 0 Å². The normalized spacial score (nSPS) is 19.5. The van der Waals surface area contributed by atoms with Crippen molar-refractivity contribution in [3.05, 3.63) is 53.8 Å². The zero-order valence-corrected chi connectivity index (χ0v) is 14.3. The first-order valence-corrected chi connectivity index (χ1v) is 9.17. The van der Waals surface area contributed by atoms with Crippen LogP contribution in [0.1, 0.15) is 24.8 Å². The van der Waals surface area contributed by atoms with Gasteiger partial charge in [0, 0.05) is 11.6 Å². The van der Waals surface area contributed by atoms with Gasteiger partial charge in [-0.3, -0.25) is 9.88 Å². The minimum atomic E-state index is -4.75. The number of nitrogens with one attached hydrogen (secondary N) is 1. The summed E-state index contributed by atoms with van der Waals surface area (Å²) in [7, 11) is -4.75. The maximum atomic E-state index is 12.3. The number of ketones is 1. The quantitative estimate of drug-likeness (QED) is 0.320. The third-order valence-corrected chi connectivity index (χ3v) is 4.57. The van der Waals surface area contributed by atoms with Crippen molar-refractivity contribution in [2.24, 2.45) is 5.92 Å². The summed E-state index contributed by atoms with van der Waals surface area (Å²) in [6, 6.07) is 5.86. The molecule has 0 saturated heterocycles. The van der Waals surface area contributed by atoms with Crippen molar-refractivity contribution < 1.29 is 34.5 Å². The van der Waals surface area contributed by atoms with Crippen LogP contribution >= 0.6 is 7.75 Å². The summed E-state index contributed by atoms with van der Waals surface area (Å²) in [5.41, 5.74) is 0.0924. The van der Waals surface area contributed by atoms with Crippen LogP contribution in [-0.2, 0) is 9.36 Å². The van der Waals surface area contributed by atoms with E-state index in [1.807, 2.05) is 5.09 Å². The van der Waals surface area contributed by atoms with Gasteiger partial charge in [0.25, 0.3) is 0 Å². The molecule has 136 valence electrons. The molecule has 2 unspecified atom stereocenters. The summed E-state index contributed by atoms with van der Waals surface area (Å²) in [6.07, 6.45) is 3.78. The highest BCUT2D eigenvalue weighted by atomic mass is 31.2. The first-order chi connectivity index (χ1) is 11.6. The van der Waals surface area contributed by atoms with E-state index in [2.05, 4.69) is 0 Å². The molecule has 1 aliphatic carbocycles. The Kier molecular flexibility index (Phi) is 5.51. The van der Waals surface area contributed by atoms with Crippen molar-refractivity contribution >= 4 is 13.5 Å². The maximum Gasteiger partial charge on any atom is 0.427 e. The number of hydrogen-bond donors (Lipinski definition) is 6. The van der Waals surface area contributed by atoms with E-state index in [0.717, 1.165) is 6.08 Å². The first kappa shape index (κ1) is 19.4. The number of carbonyl (C=O) groups is 1. The lowest BCUT2D eigenvalue weighted by molar-refractivity contribution is -0.207. The standard InChI is InChI=1S/C16H20NO7P/c1-2-12(10-5-3-6-11(18)9-10)16(20,21)15-13(17-25(22,23)24)7-4-8-14(15)19/h3-9,12,15,18,20-21H,2H2,1H3,(H3,17,22,23,24). The van der Waals surface area contributed by atoms with Gasteiger partial charge in [-0.2, -0.15) is 0 Å². The minimum Gasteiger partial charge on any atom is -0.508 e. The highest BCUT2D eigenvalue weighted by Crippen LogP contribution is 2.42. The van der Waals surface area contributed by atoms with Crippen LogP contribution in [0.5, 0.6) is 5.75 Å². The number of allylic oxidation sites excluding steroid dienone is 3. The largest absolute Gasteiger partial charge is 0.508 e. The molecule has 0 aromatic heterocycles. The topological polar surface area (TPSA) is 147 Å². The zero-order valence-electron chi connectivity index (χ0n) is 13.4. The fourth-order valence-corrected chi connectivity index (χ4v) is 3.56. The molecule has 0 radical (unpaired) electrons. The molecule has 1 aromatic carbocycles. The molecule has 25 heavy (non-hydrogen) atoms. The second-order valence-electron chi connectivity index (χ2n) is 5.81. The number of phenols is 1. The van der Waals surface area contributed by atoms with Gasteiger partial charge in [-0.05, 0) is 36.3 Å².